The third-order valence-corrected chi connectivity index (χ3v) is 10.5. The second-order valence-corrected chi connectivity index (χ2v) is 16.2. The average molecular weight is 822 g/mol. The Balaban J connectivity index is 2.51. The number of hydrogen-bond donors (Lipinski definition) is 0. The smallest absolute Gasteiger partial charge is 0.336 e. The van der Waals surface area contributed by atoms with Gasteiger partial charge in [-0.3, -0.25) is 9.59 Å². The van der Waals surface area contributed by atoms with Gasteiger partial charge >= 0.3 is 17.9 Å². The molecule has 1 heterocycles. The summed E-state index contributed by atoms with van der Waals surface area (Å²) >= 11 is 0. The molecule has 0 aliphatic carbocycles. The van der Waals surface area contributed by atoms with E-state index in [1.54, 1.807) is 0 Å². The van der Waals surface area contributed by atoms with Crippen LogP contribution in [0, 0.1) is 5.92 Å². The highest BCUT2D eigenvalue weighted by Gasteiger charge is 2.27. The lowest BCUT2D eigenvalue weighted by atomic mass is 10.1. The summed E-state index contributed by atoms with van der Waals surface area (Å²) in [6, 6.07) is 0. The quantitative estimate of drug-likeness (QED) is 0.0195. The van der Waals surface area contributed by atoms with E-state index in [1.807, 2.05) is 11.9 Å². The Morgan fingerprint density at radius 2 is 1.09 bits per heavy atom. The molecule has 2 unspecified atom stereocenters. The molecule has 0 spiro atoms. The van der Waals surface area contributed by atoms with Crippen LogP contribution in [0.1, 0.15) is 188 Å². The number of hydrogen-bond acceptors (Lipinski definition) is 10. The first-order valence-corrected chi connectivity index (χ1v) is 23.7. The van der Waals surface area contributed by atoms with Crippen LogP contribution in [-0.4, -0.2) is 95.0 Å². The van der Waals surface area contributed by atoms with Gasteiger partial charge < -0.3 is 33.3 Å². The molecule has 0 aromatic heterocycles. The normalized spacial score (nSPS) is 15.4. The molecule has 1 saturated heterocycles. The molecule has 10 nitrogen and oxygen atoms in total. The van der Waals surface area contributed by atoms with Gasteiger partial charge in [0.05, 0.1) is 18.9 Å². The average Bonchev–Trinajstić information content (AvgIpc) is 3.22. The fourth-order valence-electron chi connectivity index (χ4n) is 6.65. The number of carbonyl (C=O) groups is 3. The lowest BCUT2D eigenvalue weighted by Crippen LogP contribution is -2.45. The molecule has 58 heavy (non-hydrogen) atoms. The van der Waals surface area contributed by atoms with Crippen molar-refractivity contribution in [3.63, 3.8) is 0 Å². The minimum absolute atomic E-state index is 0.00353. The maximum Gasteiger partial charge on any atom is 0.336 e. The summed E-state index contributed by atoms with van der Waals surface area (Å²) in [5.41, 5.74) is 0. The zero-order valence-electron chi connectivity index (χ0n) is 37.7. The van der Waals surface area contributed by atoms with Crippen molar-refractivity contribution >= 4 is 17.9 Å². The van der Waals surface area contributed by atoms with Crippen LogP contribution >= 0.6 is 0 Å². The predicted molar refractivity (Wildman–Crippen MR) is 235 cm³/mol. The summed E-state index contributed by atoms with van der Waals surface area (Å²) < 4.78 is 34.6. The van der Waals surface area contributed by atoms with E-state index in [1.165, 1.54) is 77.0 Å². The first-order chi connectivity index (χ1) is 28.4. The number of rotatable bonds is 40. The van der Waals surface area contributed by atoms with Crippen molar-refractivity contribution in [2.45, 2.75) is 200 Å². The van der Waals surface area contributed by atoms with E-state index in [0.717, 1.165) is 77.2 Å². The Morgan fingerprint density at radius 3 is 1.67 bits per heavy atom. The van der Waals surface area contributed by atoms with Crippen LogP contribution in [0.2, 0.25) is 0 Å². The van der Waals surface area contributed by atoms with Gasteiger partial charge in [0.2, 0.25) is 0 Å². The molecule has 0 radical (unpaired) electrons. The van der Waals surface area contributed by atoms with Crippen molar-refractivity contribution in [3.8, 4) is 0 Å². The molecule has 1 rings (SSSR count). The van der Waals surface area contributed by atoms with Crippen LogP contribution in [0.3, 0.4) is 0 Å². The molecule has 338 valence electrons. The largest absolute Gasteiger partial charge is 0.465 e. The maximum absolute atomic E-state index is 13.0. The zero-order chi connectivity index (χ0) is 42.2. The summed E-state index contributed by atoms with van der Waals surface area (Å²) in [4.78, 5) is 40.4. The van der Waals surface area contributed by atoms with Gasteiger partial charge in [-0.25, -0.2) is 4.79 Å². The number of carbonyl (C=O) groups excluding carboxylic acids is 3. The van der Waals surface area contributed by atoms with Gasteiger partial charge in [0, 0.05) is 39.1 Å². The van der Waals surface area contributed by atoms with Crippen molar-refractivity contribution in [2.75, 3.05) is 59.8 Å². The Hall–Kier alpha value is -2.27. The molecule has 1 fully saturated rings. The van der Waals surface area contributed by atoms with E-state index in [9.17, 15) is 14.4 Å². The predicted octanol–water partition coefficient (Wildman–Crippen LogP) is 11.2. The second-order valence-electron chi connectivity index (χ2n) is 16.2. The van der Waals surface area contributed by atoms with Gasteiger partial charge in [0.25, 0.3) is 0 Å². The molecule has 2 atom stereocenters. The van der Waals surface area contributed by atoms with Crippen LogP contribution in [0.4, 0.5) is 0 Å². The standard InChI is InChI=1S/C48H87NO9/c1-5-8-11-14-17-18-19-20-21-22-23-24-25-26-29-32-45(50)56-40-43(42-58-48(52)44-39-49(4)35-38-53-44)41-57-46(51)33-34-47(54-36-30-27-15-12-9-6-2)55-37-31-28-16-13-10-7-3/h17-18,20-21,43-44,47H,5-16,19,22-42H2,1-4H3. The first kappa shape index (κ1) is 53.7. The number of nitrogens with zero attached hydrogens (tertiary/aromatic N) is 1. The van der Waals surface area contributed by atoms with E-state index in [4.69, 9.17) is 28.4 Å². The fraction of sp³-hybridized carbons (Fsp3) is 0.854. The number of esters is 3. The first-order valence-electron chi connectivity index (χ1n) is 23.7. The van der Waals surface area contributed by atoms with Gasteiger partial charge in [-0.2, -0.15) is 0 Å². The lowest BCUT2D eigenvalue weighted by Gasteiger charge is -2.29. The SMILES string of the molecule is CCCCCC=CCC=CCCCCCCCC(=O)OCC(COC(=O)CCC(OCCCCCCCC)OCCCCCCCC)COC(=O)C1CN(C)CCO1. The summed E-state index contributed by atoms with van der Waals surface area (Å²) in [6.45, 7) is 9.46. The van der Waals surface area contributed by atoms with Gasteiger partial charge in [0.1, 0.15) is 19.8 Å². The molecule has 10 heteroatoms. The van der Waals surface area contributed by atoms with Gasteiger partial charge in [-0.1, -0.05) is 141 Å². The number of morpholine rings is 1. The van der Waals surface area contributed by atoms with Crippen LogP contribution in [0.15, 0.2) is 24.3 Å². The highest BCUT2D eigenvalue weighted by molar-refractivity contribution is 5.75. The van der Waals surface area contributed by atoms with E-state index < -0.39 is 24.3 Å². The Bertz CT molecular complexity index is 1020. The van der Waals surface area contributed by atoms with E-state index in [-0.39, 0.29) is 38.2 Å². The van der Waals surface area contributed by atoms with E-state index >= 15 is 0 Å². The number of ether oxygens (including phenoxy) is 6. The van der Waals surface area contributed by atoms with E-state index in [2.05, 4.69) is 45.1 Å². The zero-order valence-corrected chi connectivity index (χ0v) is 37.7. The lowest BCUT2D eigenvalue weighted by molar-refractivity contribution is -0.167. The number of unbranched alkanes of at least 4 members (excludes halogenated alkanes) is 18. The third kappa shape index (κ3) is 33.5. The summed E-state index contributed by atoms with van der Waals surface area (Å²) in [5.74, 6) is -1.64. The highest BCUT2D eigenvalue weighted by Crippen LogP contribution is 2.14. The van der Waals surface area contributed by atoms with Crippen molar-refractivity contribution < 1.29 is 42.8 Å². The second kappa shape index (κ2) is 40.2. The summed E-state index contributed by atoms with van der Waals surface area (Å²) in [7, 11) is 1.93. The number of allylic oxidation sites excluding steroid dienone is 4. The van der Waals surface area contributed by atoms with Crippen LogP contribution in [0.25, 0.3) is 0 Å². The van der Waals surface area contributed by atoms with Crippen molar-refractivity contribution in [3.05, 3.63) is 24.3 Å². The van der Waals surface area contributed by atoms with Gasteiger partial charge in [-0.05, 0) is 58.4 Å². The summed E-state index contributed by atoms with van der Waals surface area (Å²) in [5, 5.41) is 0. The van der Waals surface area contributed by atoms with Crippen LogP contribution in [0.5, 0.6) is 0 Å². The Kier molecular flexibility index (Phi) is 37.2. The van der Waals surface area contributed by atoms with Crippen LogP contribution < -0.4 is 0 Å². The number of likely N-dealkylation sites (N-methyl/N-ethyl adjacent to an activating group) is 1. The minimum Gasteiger partial charge on any atom is -0.465 e. The van der Waals surface area contributed by atoms with Gasteiger partial charge in [-0.15, -0.1) is 0 Å². The topological polar surface area (TPSA) is 110 Å². The van der Waals surface area contributed by atoms with Crippen molar-refractivity contribution in [1.29, 1.82) is 0 Å². The molecule has 1 aliphatic rings. The molecule has 0 saturated carbocycles. The molecule has 0 aromatic rings. The molecule has 1 aliphatic heterocycles. The van der Waals surface area contributed by atoms with Crippen molar-refractivity contribution in [2.24, 2.45) is 5.92 Å². The van der Waals surface area contributed by atoms with Crippen molar-refractivity contribution in [1.82, 2.24) is 4.90 Å². The summed E-state index contributed by atoms with van der Waals surface area (Å²) in [6.07, 6.45) is 35.2. The Morgan fingerprint density at radius 1 is 0.603 bits per heavy atom. The molecular weight excluding hydrogens is 735 g/mol. The van der Waals surface area contributed by atoms with Crippen LogP contribution in [-0.2, 0) is 42.8 Å². The minimum atomic E-state index is -0.674. The monoisotopic (exact) mass is 822 g/mol. The third-order valence-electron chi connectivity index (χ3n) is 10.5. The fourth-order valence-corrected chi connectivity index (χ4v) is 6.65. The maximum atomic E-state index is 13.0. The van der Waals surface area contributed by atoms with Gasteiger partial charge in [0.15, 0.2) is 12.4 Å². The highest BCUT2D eigenvalue weighted by atomic mass is 16.7. The Labute approximate surface area is 354 Å². The molecular formula is C48H87NO9. The molecule has 0 aromatic carbocycles. The van der Waals surface area contributed by atoms with E-state index in [0.29, 0.717) is 39.2 Å². The molecule has 0 amide bonds. The molecule has 0 N–H and O–H groups in total. The molecule has 0 bridgehead atoms.